The van der Waals surface area contributed by atoms with E-state index in [0.717, 1.165) is 11.6 Å². The zero-order valence-corrected chi connectivity index (χ0v) is 10.4. The lowest BCUT2D eigenvalue weighted by atomic mass is 10.1. The Morgan fingerprint density at radius 2 is 2.43 bits per heavy atom. The lowest BCUT2D eigenvalue weighted by molar-refractivity contribution is 0.636. The quantitative estimate of drug-likeness (QED) is 0.828. The molecule has 1 atom stereocenters. The Hall–Kier alpha value is -0.310. The average Bonchev–Trinajstić information content (AvgIpc) is 2.51. The maximum absolute atomic E-state index is 5.85. The molecule has 0 spiro atoms. The fourth-order valence-corrected chi connectivity index (χ4v) is 2.30. The van der Waals surface area contributed by atoms with Crippen molar-refractivity contribution in [3.05, 3.63) is 26.9 Å². The second-order valence-electron chi connectivity index (χ2n) is 3.34. The van der Waals surface area contributed by atoms with Gasteiger partial charge in [0, 0.05) is 16.3 Å². The van der Waals surface area contributed by atoms with Crippen LogP contribution in [0.3, 0.4) is 0 Å². The Morgan fingerprint density at radius 3 is 2.93 bits per heavy atom. The highest BCUT2D eigenvalue weighted by atomic mass is 35.5. The number of hydrogen-bond donors (Lipinski definition) is 1. The molecule has 0 saturated heterocycles. The Kier molecular flexibility index (Phi) is 4.66. The molecular formula is C11H16ClNS. The monoisotopic (exact) mass is 229 g/mol. The number of hydrogen-bond acceptors (Lipinski definition) is 2. The minimum Gasteiger partial charge on any atom is -0.311 e. The summed E-state index contributed by atoms with van der Waals surface area (Å²) < 4.78 is 0. The number of thiophene rings is 1. The van der Waals surface area contributed by atoms with Crippen LogP contribution in [0.4, 0.5) is 0 Å². The van der Waals surface area contributed by atoms with Gasteiger partial charge < -0.3 is 5.32 Å². The van der Waals surface area contributed by atoms with Crippen molar-refractivity contribution in [1.82, 2.24) is 5.32 Å². The number of likely N-dealkylation sites (N-methyl/N-ethyl adjacent to an activating group) is 1. The van der Waals surface area contributed by atoms with Crippen LogP contribution in [0, 0.1) is 0 Å². The van der Waals surface area contributed by atoms with Gasteiger partial charge in [-0.3, -0.25) is 0 Å². The summed E-state index contributed by atoms with van der Waals surface area (Å²) in [7, 11) is 0. The molecule has 14 heavy (non-hydrogen) atoms. The predicted octanol–water partition coefficient (Wildman–Crippen LogP) is 3.80. The Morgan fingerprint density at radius 1 is 1.71 bits per heavy atom. The van der Waals surface area contributed by atoms with E-state index >= 15 is 0 Å². The smallest absolute Gasteiger partial charge is 0.0519 e. The third-order valence-corrected chi connectivity index (χ3v) is 3.38. The predicted molar refractivity (Wildman–Crippen MR) is 66.1 cm³/mol. The maximum atomic E-state index is 5.85. The van der Waals surface area contributed by atoms with Gasteiger partial charge in [0.15, 0.2) is 0 Å². The highest BCUT2D eigenvalue weighted by molar-refractivity contribution is 7.11. The van der Waals surface area contributed by atoms with E-state index in [9.17, 15) is 0 Å². The van der Waals surface area contributed by atoms with Gasteiger partial charge in [-0.25, -0.2) is 0 Å². The molecule has 1 N–H and O–H groups in total. The van der Waals surface area contributed by atoms with Crippen LogP contribution in [-0.2, 0) is 0 Å². The highest BCUT2D eigenvalue weighted by Gasteiger charge is 2.02. The van der Waals surface area contributed by atoms with Gasteiger partial charge >= 0.3 is 0 Å². The molecule has 1 unspecified atom stereocenters. The SMILES string of the molecule is CCNC(C)C(C)=Cc1cc(Cl)cs1. The second-order valence-corrected chi connectivity index (χ2v) is 4.71. The first-order valence-electron chi connectivity index (χ1n) is 4.79. The highest BCUT2D eigenvalue weighted by Crippen LogP contribution is 2.22. The Balaban J connectivity index is 2.67. The second kappa shape index (κ2) is 5.54. The van der Waals surface area contributed by atoms with Gasteiger partial charge in [0.05, 0.1) is 5.02 Å². The number of nitrogens with one attached hydrogen (secondary N) is 1. The van der Waals surface area contributed by atoms with Gasteiger partial charge in [-0.2, -0.15) is 0 Å². The van der Waals surface area contributed by atoms with Crippen LogP contribution < -0.4 is 5.32 Å². The van der Waals surface area contributed by atoms with Crippen LogP contribution in [-0.4, -0.2) is 12.6 Å². The van der Waals surface area contributed by atoms with Crippen molar-refractivity contribution in [1.29, 1.82) is 0 Å². The fraction of sp³-hybridized carbons (Fsp3) is 0.455. The van der Waals surface area contributed by atoms with Gasteiger partial charge in [-0.15, -0.1) is 11.3 Å². The van der Waals surface area contributed by atoms with Gasteiger partial charge in [0.1, 0.15) is 0 Å². The molecule has 0 aromatic carbocycles. The van der Waals surface area contributed by atoms with Gasteiger partial charge in [0.2, 0.25) is 0 Å². The first kappa shape index (κ1) is 11.8. The normalized spacial score (nSPS) is 14.4. The minimum absolute atomic E-state index is 0.431. The van der Waals surface area contributed by atoms with E-state index < -0.39 is 0 Å². The summed E-state index contributed by atoms with van der Waals surface area (Å²) in [5.74, 6) is 0. The van der Waals surface area contributed by atoms with Crippen LogP contribution in [0.2, 0.25) is 5.02 Å². The topological polar surface area (TPSA) is 12.0 Å². The standard InChI is InChI=1S/C11H16ClNS/c1-4-13-9(3)8(2)5-11-6-10(12)7-14-11/h5-7,9,13H,4H2,1-3H3. The molecule has 0 radical (unpaired) electrons. The molecule has 0 bridgehead atoms. The van der Waals surface area contributed by atoms with Crippen molar-refractivity contribution < 1.29 is 0 Å². The molecule has 1 heterocycles. The van der Waals surface area contributed by atoms with Crippen LogP contribution in [0.25, 0.3) is 6.08 Å². The largest absolute Gasteiger partial charge is 0.311 e. The number of rotatable bonds is 4. The first-order valence-corrected chi connectivity index (χ1v) is 6.05. The molecule has 1 rings (SSSR count). The summed E-state index contributed by atoms with van der Waals surface area (Å²) in [5, 5.41) is 6.16. The summed E-state index contributed by atoms with van der Waals surface area (Å²) >= 11 is 7.53. The van der Waals surface area contributed by atoms with E-state index in [4.69, 9.17) is 11.6 Å². The van der Waals surface area contributed by atoms with Crippen molar-refractivity contribution in [3.8, 4) is 0 Å². The fourth-order valence-electron chi connectivity index (χ4n) is 1.22. The van der Waals surface area contributed by atoms with Gasteiger partial charge in [0.25, 0.3) is 0 Å². The summed E-state index contributed by atoms with van der Waals surface area (Å²) in [6.45, 7) is 7.43. The lowest BCUT2D eigenvalue weighted by Crippen LogP contribution is -2.26. The van der Waals surface area contributed by atoms with E-state index in [1.165, 1.54) is 10.5 Å². The van der Waals surface area contributed by atoms with Gasteiger partial charge in [-0.1, -0.05) is 24.1 Å². The van der Waals surface area contributed by atoms with E-state index in [-0.39, 0.29) is 0 Å². The summed E-state index contributed by atoms with van der Waals surface area (Å²) in [5.41, 5.74) is 1.34. The summed E-state index contributed by atoms with van der Waals surface area (Å²) in [4.78, 5) is 1.22. The summed E-state index contributed by atoms with van der Waals surface area (Å²) in [6.07, 6.45) is 2.18. The van der Waals surface area contributed by atoms with Crippen LogP contribution in [0.5, 0.6) is 0 Å². The molecule has 3 heteroatoms. The van der Waals surface area contributed by atoms with Crippen molar-refractivity contribution in [2.75, 3.05) is 6.54 Å². The minimum atomic E-state index is 0.431. The molecule has 1 nitrogen and oxygen atoms in total. The van der Waals surface area contributed by atoms with E-state index in [2.05, 4.69) is 32.2 Å². The molecule has 1 aromatic heterocycles. The van der Waals surface area contributed by atoms with E-state index in [0.29, 0.717) is 6.04 Å². The molecule has 1 aromatic rings. The Labute approximate surface area is 94.8 Å². The van der Waals surface area contributed by atoms with E-state index in [1.54, 1.807) is 11.3 Å². The third kappa shape index (κ3) is 3.45. The van der Waals surface area contributed by atoms with Crippen molar-refractivity contribution in [2.45, 2.75) is 26.8 Å². The summed E-state index contributed by atoms with van der Waals surface area (Å²) in [6, 6.07) is 2.43. The molecule has 0 aliphatic carbocycles. The molecule has 0 amide bonds. The van der Waals surface area contributed by atoms with Crippen LogP contribution in [0.1, 0.15) is 25.6 Å². The molecule has 0 fully saturated rings. The first-order chi connectivity index (χ1) is 6.63. The van der Waals surface area contributed by atoms with Crippen molar-refractivity contribution in [2.24, 2.45) is 0 Å². The van der Waals surface area contributed by atoms with Crippen molar-refractivity contribution in [3.63, 3.8) is 0 Å². The number of halogens is 1. The molecule has 0 aliphatic heterocycles. The van der Waals surface area contributed by atoms with Crippen molar-refractivity contribution >= 4 is 29.0 Å². The molecule has 0 aliphatic rings. The Bertz CT molecular complexity index is 317. The lowest BCUT2D eigenvalue weighted by Gasteiger charge is -2.12. The van der Waals surface area contributed by atoms with Gasteiger partial charge in [-0.05, 0) is 32.5 Å². The van der Waals surface area contributed by atoms with Crippen LogP contribution in [0.15, 0.2) is 17.0 Å². The molecule has 0 saturated carbocycles. The molecular weight excluding hydrogens is 214 g/mol. The molecule has 78 valence electrons. The van der Waals surface area contributed by atoms with E-state index in [1.807, 2.05) is 11.4 Å². The third-order valence-electron chi connectivity index (χ3n) is 2.15. The average molecular weight is 230 g/mol. The zero-order valence-electron chi connectivity index (χ0n) is 8.80. The maximum Gasteiger partial charge on any atom is 0.0519 e. The van der Waals surface area contributed by atoms with Crippen LogP contribution >= 0.6 is 22.9 Å². The zero-order chi connectivity index (χ0) is 10.6.